The molecule has 14 heteroatoms. The second-order valence-corrected chi connectivity index (χ2v) is 1.70. The average Bonchev–Trinajstić information content (AvgIpc) is 1.54. The molecule has 0 atom stereocenters. The second kappa shape index (κ2) is 24.9. The van der Waals surface area contributed by atoms with Crippen molar-refractivity contribution in [1.29, 1.82) is 0 Å². The third-order valence-corrected chi connectivity index (χ3v) is 0. The van der Waals surface area contributed by atoms with Crippen molar-refractivity contribution < 1.29 is 147 Å². The third kappa shape index (κ3) is 353. The monoisotopic (exact) mass is 483 g/mol. The van der Waals surface area contributed by atoms with Crippen molar-refractivity contribution in [2.75, 3.05) is 0 Å². The van der Waals surface area contributed by atoms with Crippen molar-refractivity contribution in [3.05, 3.63) is 0 Å². The van der Waals surface area contributed by atoms with Crippen molar-refractivity contribution in [3.63, 3.8) is 0 Å². The molecule has 0 aromatic heterocycles. The van der Waals surface area contributed by atoms with Crippen LogP contribution in [-0.2, 0) is 21.1 Å². The van der Waals surface area contributed by atoms with Crippen molar-refractivity contribution in [1.82, 2.24) is 0 Å². The number of hydrogen-bond acceptors (Lipinski definition) is 9. The first-order valence-corrected chi connectivity index (χ1v) is 4.17. The fourth-order valence-electron chi connectivity index (χ4n) is 0. The Morgan fingerprint density at radius 3 is 0.429 bits per heavy atom. The first-order chi connectivity index (χ1) is 5.20. The van der Waals surface area contributed by atoms with E-state index in [0.717, 1.165) is 0 Å². The maximum absolute atomic E-state index is 8.41. The van der Waals surface area contributed by atoms with Gasteiger partial charge in [-0.05, 0) is 0 Å². The van der Waals surface area contributed by atoms with Gasteiger partial charge in [-0.15, -0.1) is 0 Å². The zero-order valence-electron chi connectivity index (χ0n) is 6.12. The van der Waals surface area contributed by atoms with Crippen molar-refractivity contribution >= 4 is 0 Å². The summed E-state index contributed by atoms with van der Waals surface area (Å²) in [6, 6.07) is 0. The molecule has 0 aromatic carbocycles. The molecule has 0 spiro atoms. The van der Waals surface area contributed by atoms with Crippen LogP contribution in [0.25, 0.3) is 0 Å². The Hall–Kier alpha value is 2.83. The van der Waals surface area contributed by atoms with Gasteiger partial charge in [-0.3, -0.25) is 0 Å². The van der Waals surface area contributed by atoms with E-state index in [1.54, 1.807) is 0 Å². The van der Waals surface area contributed by atoms with Crippen molar-refractivity contribution in [2.24, 2.45) is 0 Å². The molecule has 0 N–H and O–H groups in total. The molecule has 0 saturated carbocycles. The van der Waals surface area contributed by atoms with E-state index in [2.05, 4.69) is 0 Å². The first kappa shape index (κ1) is 30.1. The molecule has 0 aliphatic heterocycles. The molecule has 0 rings (SSSR count). The van der Waals surface area contributed by atoms with Gasteiger partial charge in [-0.1, -0.05) is 0 Å². The summed E-state index contributed by atoms with van der Waals surface area (Å²) < 4.78 is 75.7. The molecule has 0 fully saturated rings. The molecular formula is Cl3KO9Pt. The van der Waals surface area contributed by atoms with Gasteiger partial charge >= 0.3 is 72.4 Å². The van der Waals surface area contributed by atoms with Crippen molar-refractivity contribution in [2.45, 2.75) is 0 Å². The predicted octanol–water partition coefficient (Wildman–Crippen LogP) is -13.7. The summed E-state index contributed by atoms with van der Waals surface area (Å²) in [5.74, 6) is 0. The van der Waals surface area contributed by atoms with Gasteiger partial charge in [0.2, 0.25) is 0 Å². The summed E-state index contributed by atoms with van der Waals surface area (Å²) in [5, 5.41) is 0. The number of hydrogen-bond donors (Lipinski definition) is 0. The van der Waals surface area contributed by atoms with Gasteiger partial charge in [0, 0.05) is 0 Å². The Bertz CT molecular complexity index is 48.5. The molecule has 0 unspecified atom stereocenters. The molecule has 0 aliphatic carbocycles. The van der Waals surface area contributed by atoms with Crippen LogP contribution in [0.4, 0.5) is 0 Å². The average molecular weight is 485 g/mol. The van der Waals surface area contributed by atoms with E-state index >= 15 is 0 Å². The Kier molecular flexibility index (Phi) is 53.6. The summed E-state index contributed by atoms with van der Waals surface area (Å²) >= 11 is 0. The van der Waals surface area contributed by atoms with Gasteiger partial charge in [-0.2, -0.15) is 0 Å². The number of halogens is 3. The topological polar surface area (TPSA) is 208 Å². The zero-order chi connectivity index (χ0) is 10.7. The quantitative estimate of drug-likeness (QED) is 0.298. The molecule has 14 heavy (non-hydrogen) atoms. The Labute approximate surface area is 144 Å². The molecule has 9 nitrogen and oxygen atoms in total. The summed E-state index contributed by atoms with van der Waals surface area (Å²) in [7, 11) is -8.56. The van der Waals surface area contributed by atoms with Crippen LogP contribution in [0.2, 0.25) is 0 Å². The van der Waals surface area contributed by atoms with E-state index in [0.29, 0.717) is 0 Å². The van der Waals surface area contributed by atoms with Gasteiger partial charge in [0.25, 0.3) is 0 Å². The first-order valence-electron chi connectivity index (χ1n) is 1.39. The molecule has 0 heterocycles. The minimum atomic E-state index is -2.85. The standard InChI is InChI=1S/3ClO3.K.Pt/c3*2-1(3)4;;/q3*-1;+1;+2. The van der Waals surface area contributed by atoms with E-state index in [1.165, 1.54) is 0 Å². The van der Waals surface area contributed by atoms with Gasteiger partial charge in [0.1, 0.15) is 0 Å². The fraction of sp³-hybridized carbons (Fsp3) is 0. The van der Waals surface area contributed by atoms with E-state index in [1.807, 2.05) is 0 Å². The van der Waals surface area contributed by atoms with Crippen LogP contribution in [0.3, 0.4) is 0 Å². The summed E-state index contributed by atoms with van der Waals surface area (Å²) in [6.45, 7) is 0. The van der Waals surface area contributed by atoms with Crippen LogP contribution in [0.1, 0.15) is 0 Å². The summed E-state index contributed by atoms with van der Waals surface area (Å²) in [6.07, 6.45) is 0. The van der Waals surface area contributed by atoms with E-state index in [-0.39, 0.29) is 72.4 Å². The van der Waals surface area contributed by atoms with Crippen LogP contribution in [0, 0.1) is 32.4 Å². The van der Waals surface area contributed by atoms with Crippen LogP contribution < -0.4 is 93.3 Å². The maximum Gasteiger partial charge on any atom is 2.00 e. The molecule has 0 aromatic rings. The fourth-order valence-corrected chi connectivity index (χ4v) is 0. The molecular weight excluding hydrogens is 485 g/mol. The van der Waals surface area contributed by atoms with Crippen LogP contribution in [0.5, 0.6) is 0 Å². The summed E-state index contributed by atoms with van der Waals surface area (Å²) in [5.41, 5.74) is 0. The smallest absolute Gasteiger partial charge is 0.357 e. The maximum atomic E-state index is 8.41. The minimum Gasteiger partial charge on any atom is -0.357 e. The van der Waals surface area contributed by atoms with Crippen LogP contribution in [-0.4, -0.2) is 0 Å². The van der Waals surface area contributed by atoms with Crippen LogP contribution >= 0.6 is 0 Å². The SMILES string of the molecule is [K+].[O-][Cl+2]([O-])[O-].[O-][Cl+2]([O-])[O-].[O-][Cl+2]([O-])[O-].[Pt+2]. The van der Waals surface area contributed by atoms with Crippen LogP contribution in [0.15, 0.2) is 0 Å². The molecule has 0 amide bonds. The minimum absolute atomic E-state index is 0. The third-order valence-electron chi connectivity index (χ3n) is 0. The molecule has 0 radical (unpaired) electrons. The normalized spacial score (nSPS) is 7.71. The van der Waals surface area contributed by atoms with Crippen molar-refractivity contribution in [3.8, 4) is 0 Å². The summed E-state index contributed by atoms with van der Waals surface area (Å²) in [4.78, 5) is 0. The molecule has 0 aliphatic rings. The van der Waals surface area contributed by atoms with E-state index < -0.39 is 32.4 Å². The number of rotatable bonds is 0. The Morgan fingerprint density at radius 2 is 0.429 bits per heavy atom. The zero-order valence-corrected chi connectivity index (χ0v) is 13.8. The second-order valence-electron chi connectivity index (χ2n) is 0.567. The largest absolute Gasteiger partial charge is 2.00 e. The Morgan fingerprint density at radius 1 is 0.429 bits per heavy atom. The molecule has 0 bridgehead atoms. The van der Waals surface area contributed by atoms with Gasteiger partial charge in [-0.25, -0.2) is 0 Å². The predicted molar refractivity (Wildman–Crippen MR) is 0 cm³/mol. The van der Waals surface area contributed by atoms with Gasteiger partial charge in [0.05, 0.1) is 32.4 Å². The van der Waals surface area contributed by atoms with Gasteiger partial charge in [0.15, 0.2) is 0 Å². The van der Waals surface area contributed by atoms with E-state index in [4.69, 9.17) is 41.9 Å². The Balaban J connectivity index is -0.0000000270. The van der Waals surface area contributed by atoms with E-state index in [9.17, 15) is 0 Å². The molecule has 0 saturated heterocycles. The van der Waals surface area contributed by atoms with Gasteiger partial charge < -0.3 is 41.9 Å². The molecule has 86 valence electrons.